The Labute approximate surface area is 107 Å². The van der Waals surface area contributed by atoms with Crippen molar-refractivity contribution in [2.75, 3.05) is 19.6 Å². The van der Waals surface area contributed by atoms with Gasteiger partial charge < -0.3 is 10.6 Å². The van der Waals surface area contributed by atoms with Gasteiger partial charge in [-0.3, -0.25) is 4.79 Å². The van der Waals surface area contributed by atoms with Gasteiger partial charge in [-0.15, -0.1) is 11.3 Å². The van der Waals surface area contributed by atoms with Gasteiger partial charge in [0.2, 0.25) is 5.91 Å². The second kappa shape index (κ2) is 6.69. The van der Waals surface area contributed by atoms with Crippen LogP contribution in [-0.4, -0.2) is 36.7 Å². The normalized spacial score (nSPS) is 13.3. The quantitative estimate of drug-likeness (QED) is 0.831. The highest BCUT2D eigenvalue weighted by molar-refractivity contribution is 7.09. The second-order valence-corrected chi connectivity index (χ2v) is 4.72. The van der Waals surface area contributed by atoms with Gasteiger partial charge in [0.15, 0.2) is 0 Å². The van der Waals surface area contributed by atoms with Gasteiger partial charge in [0.1, 0.15) is 0 Å². The summed E-state index contributed by atoms with van der Waals surface area (Å²) < 4.78 is 35.4. The molecule has 1 aromatic heterocycles. The van der Waals surface area contributed by atoms with E-state index < -0.39 is 18.6 Å². The lowest BCUT2D eigenvalue weighted by Crippen LogP contribution is -2.39. The number of carbonyl (C=O) groups is 1. The van der Waals surface area contributed by atoms with E-state index in [1.165, 1.54) is 11.3 Å². The molecule has 0 saturated heterocycles. The van der Waals surface area contributed by atoms with Crippen molar-refractivity contribution in [3.63, 3.8) is 0 Å². The van der Waals surface area contributed by atoms with E-state index in [9.17, 15) is 18.0 Å². The molecule has 4 nitrogen and oxygen atoms in total. The summed E-state index contributed by atoms with van der Waals surface area (Å²) in [5.74, 6) is -0.403. The van der Waals surface area contributed by atoms with E-state index in [1.807, 2.05) is 17.6 Å². The Kier molecular flexibility index (Phi) is 5.54. The van der Waals surface area contributed by atoms with E-state index >= 15 is 0 Å². The molecule has 0 saturated carbocycles. The summed E-state index contributed by atoms with van der Waals surface area (Å²) in [4.78, 5) is 15.3. The first-order chi connectivity index (χ1) is 8.38. The van der Waals surface area contributed by atoms with Gasteiger partial charge in [-0.1, -0.05) is 6.92 Å². The topological polar surface area (TPSA) is 54.0 Å². The molecule has 0 aliphatic rings. The van der Waals surface area contributed by atoms with Crippen LogP contribution in [0.4, 0.5) is 13.2 Å². The Morgan fingerprint density at radius 2 is 2.28 bits per heavy atom. The number of nitrogens with one attached hydrogen (secondary N) is 2. The molecule has 18 heavy (non-hydrogen) atoms. The number of alkyl halides is 3. The van der Waals surface area contributed by atoms with Gasteiger partial charge in [0.05, 0.1) is 18.1 Å². The molecule has 1 atom stereocenters. The van der Waals surface area contributed by atoms with Crippen LogP contribution in [0.25, 0.3) is 0 Å². The Morgan fingerprint density at radius 1 is 1.56 bits per heavy atom. The molecule has 0 fully saturated rings. The molecule has 0 aliphatic heterocycles. The van der Waals surface area contributed by atoms with E-state index in [4.69, 9.17) is 0 Å². The Hall–Kier alpha value is -1.15. The molecule has 1 unspecified atom stereocenters. The smallest absolute Gasteiger partial charge is 0.354 e. The van der Waals surface area contributed by atoms with Crippen LogP contribution >= 0.6 is 11.3 Å². The number of thiazole rings is 1. The zero-order valence-corrected chi connectivity index (χ0v) is 10.6. The molecule has 0 aliphatic carbocycles. The van der Waals surface area contributed by atoms with Gasteiger partial charge in [-0.2, -0.15) is 13.2 Å². The Morgan fingerprint density at radius 3 is 2.83 bits per heavy atom. The number of carbonyl (C=O) groups excluding carboxylic acids is 1. The zero-order chi connectivity index (χ0) is 13.6. The molecule has 1 aromatic rings. The monoisotopic (exact) mass is 281 g/mol. The average molecular weight is 281 g/mol. The van der Waals surface area contributed by atoms with E-state index in [1.54, 1.807) is 6.20 Å². The lowest BCUT2D eigenvalue weighted by atomic mass is 10.2. The fourth-order valence-electron chi connectivity index (χ4n) is 1.21. The average Bonchev–Trinajstić information content (AvgIpc) is 2.77. The van der Waals surface area contributed by atoms with Crippen molar-refractivity contribution in [1.82, 2.24) is 15.6 Å². The van der Waals surface area contributed by atoms with Gasteiger partial charge in [0, 0.05) is 24.0 Å². The van der Waals surface area contributed by atoms with Gasteiger partial charge in [0.25, 0.3) is 0 Å². The molecule has 2 N–H and O–H groups in total. The minimum atomic E-state index is -4.30. The summed E-state index contributed by atoms with van der Waals surface area (Å²) >= 11 is 1.48. The van der Waals surface area contributed by atoms with Crippen molar-refractivity contribution in [2.24, 2.45) is 0 Å². The SMILES string of the molecule is CC(CNC(=O)CNCC(F)(F)F)c1nccs1. The largest absolute Gasteiger partial charge is 0.401 e. The first kappa shape index (κ1) is 14.9. The van der Waals surface area contributed by atoms with E-state index in [0.29, 0.717) is 6.54 Å². The predicted molar refractivity (Wildman–Crippen MR) is 62.5 cm³/mol. The maximum atomic E-state index is 11.8. The highest BCUT2D eigenvalue weighted by Gasteiger charge is 2.26. The summed E-state index contributed by atoms with van der Waals surface area (Å²) in [5.41, 5.74) is 0. The standard InChI is InChI=1S/C10H14F3N3OS/c1-7(9-15-2-3-18-9)4-16-8(17)5-14-6-10(11,12)13/h2-3,7,14H,4-6H2,1H3,(H,16,17). The summed E-state index contributed by atoms with van der Waals surface area (Å²) in [6.07, 6.45) is -2.63. The van der Waals surface area contributed by atoms with Crippen molar-refractivity contribution < 1.29 is 18.0 Å². The van der Waals surface area contributed by atoms with Crippen LogP contribution in [0.15, 0.2) is 11.6 Å². The van der Waals surface area contributed by atoms with E-state index in [0.717, 1.165) is 5.01 Å². The third kappa shape index (κ3) is 5.97. The maximum absolute atomic E-state index is 11.8. The number of amides is 1. The van der Waals surface area contributed by atoms with Crippen molar-refractivity contribution >= 4 is 17.2 Å². The molecular weight excluding hydrogens is 267 g/mol. The van der Waals surface area contributed by atoms with Gasteiger partial charge in [-0.05, 0) is 0 Å². The molecule has 0 bridgehead atoms. The van der Waals surface area contributed by atoms with Crippen molar-refractivity contribution in [2.45, 2.75) is 19.0 Å². The Bertz CT molecular complexity index is 367. The number of hydrogen-bond acceptors (Lipinski definition) is 4. The van der Waals surface area contributed by atoms with Crippen LogP contribution in [0.5, 0.6) is 0 Å². The van der Waals surface area contributed by atoms with Crippen LogP contribution in [-0.2, 0) is 4.79 Å². The summed E-state index contributed by atoms with van der Waals surface area (Å²) in [6, 6.07) is 0. The van der Waals surface area contributed by atoms with Crippen molar-refractivity contribution in [1.29, 1.82) is 0 Å². The number of nitrogens with zero attached hydrogens (tertiary/aromatic N) is 1. The summed E-state index contributed by atoms with van der Waals surface area (Å²) in [5, 5.41) is 7.31. The van der Waals surface area contributed by atoms with Crippen LogP contribution in [0.2, 0.25) is 0 Å². The number of rotatable bonds is 6. The van der Waals surface area contributed by atoms with Gasteiger partial charge in [-0.25, -0.2) is 4.98 Å². The minimum Gasteiger partial charge on any atom is -0.354 e. The fraction of sp³-hybridized carbons (Fsp3) is 0.600. The molecule has 8 heteroatoms. The first-order valence-electron chi connectivity index (χ1n) is 5.32. The van der Waals surface area contributed by atoms with Crippen LogP contribution < -0.4 is 10.6 Å². The molecule has 1 rings (SSSR count). The van der Waals surface area contributed by atoms with Gasteiger partial charge >= 0.3 is 6.18 Å². The summed E-state index contributed by atoms with van der Waals surface area (Å²) in [6.45, 7) is 0.745. The predicted octanol–water partition coefficient (Wildman–Crippen LogP) is 1.51. The second-order valence-electron chi connectivity index (χ2n) is 3.79. The molecule has 102 valence electrons. The van der Waals surface area contributed by atoms with E-state index in [-0.39, 0.29) is 12.5 Å². The third-order valence-electron chi connectivity index (χ3n) is 2.09. The van der Waals surface area contributed by atoms with Crippen molar-refractivity contribution in [3.8, 4) is 0 Å². The molecule has 1 amide bonds. The Balaban J connectivity index is 2.17. The van der Waals surface area contributed by atoms with Crippen LogP contribution in [0.1, 0.15) is 17.8 Å². The number of hydrogen-bond donors (Lipinski definition) is 2. The molecular formula is C10H14F3N3OS. The fourth-order valence-corrected chi connectivity index (χ4v) is 1.91. The van der Waals surface area contributed by atoms with E-state index in [2.05, 4.69) is 10.3 Å². The summed E-state index contributed by atoms with van der Waals surface area (Å²) in [7, 11) is 0. The highest BCUT2D eigenvalue weighted by atomic mass is 32.1. The van der Waals surface area contributed by atoms with Crippen molar-refractivity contribution in [3.05, 3.63) is 16.6 Å². The molecule has 1 heterocycles. The lowest BCUT2D eigenvalue weighted by Gasteiger charge is -2.11. The van der Waals surface area contributed by atoms with Crippen LogP contribution in [0.3, 0.4) is 0 Å². The molecule has 0 aromatic carbocycles. The maximum Gasteiger partial charge on any atom is 0.401 e. The lowest BCUT2D eigenvalue weighted by molar-refractivity contribution is -0.128. The molecule has 0 radical (unpaired) electrons. The number of halogens is 3. The van der Waals surface area contributed by atoms with Crippen LogP contribution in [0, 0.1) is 0 Å². The third-order valence-corrected chi connectivity index (χ3v) is 3.10. The molecule has 0 spiro atoms. The zero-order valence-electron chi connectivity index (χ0n) is 9.75. The highest BCUT2D eigenvalue weighted by Crippen LogP contribution is 2.16. The minimum absolute atomic E-state index is 0.0524. The first-order valence-corrected chi connectivity index (χ1v) is 6.20. The number of aromatic nitrogens is 1.